The summed E-state index contributed by atoms with van der Waals surface area (Å²) in [5, 5.41) is 3.21. The zero-order valence-electron chi connectivity index (χ0n) is 18.3. The van der Waals surface area contributed by atoms with Gasteiger partial charge in [-0.25, -0.2) is 0 Å². The highest BCUT2D eigenvalue weighted by atomic mass is 16.1. The van der Waals surface area contributed by atoms with Crippen LogP contribution in [0.2, 0.25) is 0 Å². The minimum absolute atomic E-state index is 0. The fraction of sp³-hybridized carbons (Fsp3) is 0.720. The van der Waals surface area contributed by atoms with Crippen molar-refractivity contribution >= 4 is 5.91 Å². The first-order valence-corrected chi connectivity index (χ1v) is 11.4. The molecule has 3 aliphatic rings. The van der Waals surface area contributed by atoms with Crippen LogP contribution in [0.5, 0.6) is 0 Å². The summed E-state index contributed by atoms with van der Waals surface area (Å²) in [4.78, 5) is 14.5. The van der Waals surface area contributed by atoms with Crippen LogP contribution in [-0.4, -0.2) is 29.9 Å². The highest BCUT2D eigenvalue weighted by Crippen LogP contribution is 2.51. The molecular weight excluding hydrogens is 344 g/mol. The van der Waals surface area contributed by atoms with Crippen LogP contribution in [0.3, 0.4) is 0 Å². The quantitative estimate of drug-likeness (QED) is 0.735. The number of hydrogen-bond acceptors (Lipinski definition) is 2. The Balaban J connectivity index is 0.00000240. The van der Waals surface area contributed by atoms with Crippen LogP contribution in [0, 0.1) is 11.3 Å². The predicted molar refractivity (Wildman–Crippen MR) is 117 cm³/mol. The monoisotopic (exact) mass is 384 g/mol. The summed E-state index contributed by atoms with van der Waals surface area (Å²) >= 11 is 0. The lowest BCUT2D eigenvalue weighted by atomic mass is 9.70. The number of hydrogen-bond donors (Lipinski definition) is 1. The lowest BCUT2D eigenvalue weighted by molar-refractivity contribution is -0.119. The maximum Gasteiger partial charge on any atom is 0.217 e. The SMILES string of the molecule is CC(=O)N[C@H]1CC2(CCN(C3CCC(C(C)(C)C)CC3)CC2)c2ccccc21.[HH]. The normalized spacial score (nSPS) is 30.2. The second-order valence-electron chi connectivity index (χ2n) is 10.7. The highest BCUT2D eigenvalue weighted by Gasteiger charge is 2.46. The van der Waals surface area contributed by atoms with Crippen LogP contribution in [0.4, 0.5) is 0 Å². The molecule has 0 aromatic heterocycles. The molecule has 0 bridgehead atoms. The smallest absolute Gasteiger partial charge is 0.217 e. The minimum Gasteiger partial charge on any atom is -0.349 e. The van der Waals surface area contributed by atoms with Crippen molar-refractivity contribution in [3.63, 3.8) is 0 Å². The Hall–Kier alpha value is -1.35. The van der Waals surface area contributed by atoms with Crippen molar-refractivity contribution in [1.82, 2.24) is 10.2 Å². The summed E-state index contributed by atoms with van der Waals surface area (Å²) < 4.78 is 0. The number of likely N-dealkylation sites (tertiary alicyclic amines) is 1. The van der Waals surface area contributed by atoms with Crippen molar-refractivity contribution in [3.05, 3.63) is 35.4 Å². The lowest BCUT2D eigenvalue weighted by Crippen LogP contribution is -2.48. The van der Waals surface area contributed by atoms with Crippen LogP contribution in [0.15, 0.2) is 24.3 Å². The Labute approximate surface area is 172 Å². The van der Waals surface area contributed by atoms with E-state index in [4.69, 9.17) is 0 Å². The molecule has 1 N–H and O–H groups in total. The Morgan fingerprint density at radius 1 is 1.11 bits per heavy atom. The summed E-state index contributed by atoms with van der Waals surface area (Å²) in [6, 6.07) is 9.83. The molecule has 1 spiro atoms. The Bertz CT molecular complexity index is 710. The van der Waals surface area contributed by atoms with Gasteiger partial charge in [-0.05, 0) is 80.5 Å². The number of carbonyl (C=O) groups is 1. The van der Waals surface area contributed by atoms with Gasteiger partial charge in [-0.15, -0.1) is 0 Å². The molecule has 1 amide bonds. The van der Waals surface area contributed by atoms with E-state index in [-0.39, 0.29) is 18.8 Å². The van der Waals surface area contributed by atoms with E-state index >= 15 is 0 Å². The number of nitrogens with zero attached hydrogens (tertiary/aromatic N) is 1. The van der Waals surface area contributed by atoms with E-state index in [9.17, 15) is 4.79 Å². The Morgan fingerprint density at radius 2 is 1.75 bits per heavy atom. The predicted octanol–water partition coefficient (Wildman–Crippen LogP) is 5.45. The van der Waals surface area contributed by atoms with E-state index in [2.05, 4.69) is 55.3 Å². The van der Waals surface area contributed by atoms with Gasteiger partial charge in [0, 0.05) is 19.8 Å². The number of piperidine rings is 1. The van der Waals surface area contributed by atoms with Crippen LogP contribution in [0.1, 0.15) is 91.2 Å². The third-order valence-electron chi connectivity index (χ3n) is 8.07. The molecule has 1 saturated carbocycles. The average molecular weight is 385 g/mol. The molecule has 0 radical (unpaired) electrons. The second-order valence-corrected chi connectivity index (χ2v) is 10.7. The van der Waals surface area contributed by atoms with E-state index in [1.807, 2.05) is 0 Å². The van der Waals surface area contributed by atoms with Crippen molar-refractivity contribution in [2.75, 3.05) is 13.1 Å². The van der Waals surface area contributed by atoms with Gasteiger partial charge < -0.3 is 10.2 Å². The molecular formula is C25H40N2O. The maximum atomic E-state index is 11.7. The zero-order valence-corrected chi connectivity index (χ0v) is 18.3. The van der Waals surface area contributed by atoms with E-state index in [1.165, 1.54) is 62.7 Å². The number of rotatable bonds is 2. The van der Waals surface area contributed by atoms with Crippen LogP contribution in [-0.2, 0) is 10.2 Å². The van der Waals surface area contributed by atoms with Gasteiger partial charge in [-0.3, -0.25) is 4.79 Å². The molecule has 28 heavy (non-hydrogen) atoms. The van der Waals surface area contributed by atoms with Gasteiger partial charge in [0.25, 0.3) is 0 Å². The molecule has 4 rings (SSSR count). The number of benzene rings is 1. The molecule has 2 fully saturated rings. The van der Waals surface area contributed by atoms with E-state index in [1.54, 1.807) is 6.92 Å². The standard InChI is InChI=1S/C25H38N2O.H2/c1-18(28)26-23-17-25(22-8-6-5-7-21(22)23)13-15-27(16-14-25)20-11-9-19(10-12-20)24(2,3)4;/h5-8,19-20,23H,9-17H2,1-4H3,(H,26,28);1H/t19?,20?,23-;/m0./s1. The molecule has 2 aliphatic carbocycles. The van der Waals surface area contributed by atoms with Crippen molar-refractivity contribution in [2.45, 2.75) is 90.1 Å². The van der Waals surface area contributed by atoms with Gasteiger partial charge >= 0.3 is 0 Å². The maximum absolute atomic E-state index is 11.7. The summed E-state index contributed by atoms with van der Waals surface area (Å²) in [6.45, 7) is 11.3. The molecule has 1 aromatic rings. The molecule has 1 heterocycles. The zero-order chi connectivity index (χ0) is 19.9. The van der Waals surface area contributed by atoms with Gasteiger partial charge in [0.2, 0.25) is 5.91 Å². The fourth-order valence-corrected chi connectivity index (χ4v) is 6.37. The first kappa shape index (κ1) is 19.9. The van der Waals surface area contributed by atoms with Crippen LogP contribution in [0.25, 0.3) is 0 Å². The summed E-state index contributed by atoms with van der Waals surface area (Å²) in [5.41, 5.74) is 3.59. The molecule has 156 valence electrons. The average Bonchev–Trinajstić information content (AvgIpc) is 2.95. The fourth-order valence-electron chi connectivity index (χ4n) is 6.37. The third kappa shape index (κ3) is 3.75. The van der Waals surface area contributed by atoms with Gasteiger partial charge in [0.05, 0.1) is 6.04 Å². The molecule has 3 nitrogen and oxygen atoms in total. The third-order valence-corrected chi connectivity index (χ3v) is 8.07. The number of amides is 1. The molecule has 0 unspecified atom stereocenters. The summed E-state index contributed by atoms with van der Waals surface area (Å²) in [6.07, 6.45) is 9.09. The largest absolute Gasteiger partial charge is 0.349 e. The van der Waals surface area contributed by atoms with Crippen molar-refractivity contribution in [2.24, 2.45) is 11.3 Å². The van der Waals surface area contributed by atoms with E-state index in [0.29, 0.717) is 5.41 Å². The van der Waals surface area contributed by atoms with E-state index < -0.39 is 0 Å². The Kier molecular flexibility index (Phi) is 5.33. The van der Waals surface area contributed by atoms with Crippen LogP contribution < -0.4 is 5.32 Å². The lowest BCUT2D eigenvalue weighted by Gasteiger charge is -2.46. The highest BCUT2D eigenvalue weighted by molar-refractivity contribution is 5.73. The van der Waals surface area contributed by atoms with Gasteiger partial charge in [0.1, 0.15) is 0 Å². The minimum atomic E-state index is 0. The number of fused-ring (bicyclic) bond motifs is 2. The summed E-state index contributed by atoms with van der Waals surface area (Å²) in [5.74, 6) is 0.977. The molecule has 3 heteroatoms. The van der Waals surface area contributed by atoms with Gasteiger partial charge in [0.15, 0.2) is 0 Å². The van der Waals surface area contributed by atoms with Crippen molar-refractivity contribution in [1.29, 1.82) is 0 Å². The first-order chi connectivity index (χ1) is 13.3. The Morgan fingerprint density at radius 3 is 2.36 bits per heavy atom. The van der Waals surface area contributed by atoms with Crippen molar-refractivity contribution in [3.8, 4) is 0 Å². The van der Waals surface area contributed by atoms with Crippen LogP contribution >= 0.6 is 0 Å². The van der Waals surface area contributed by atoms with E-state index in [0.717, 1.165) is 18.4 Å². The van der Waals surface area contributed by atoms with Crippen molar-refractivity contribution < 1.29 is 6.22 Å². The van der Waals surface area contributed by atoms with Gasteiger partial charge in [-0.1, -0.05) is 45.0 Å². The molecule has 1 aliphatic heterocycles. The molecule has 1 atom stereocenters. The topological polar surface area (TPSA) is 32.3 Å². The summed E-state index contributed by atoms with van der Waals surface area (Å²) in [7, 11) is 0. The number of carbonyl (C=O) groups excluding carboxylic acids is 1. The first-order valence-electron chi connectivity index (χ1n) is 11.4. The molecule has 1 aromatic carbocycles. The second kappa shape index (κ2) is 7.48. The number of nitrogens with one attached hydrogen (secondary N) is 1. The van der Waals surface area contributed by atoms with Gasteiger partial charge in [-0.2, -0.15) is 0 Å². The molecule has 1 saturated heterocycles.